The van der Waals surface area contributed by atoms with Gasteiger partial charge in [-0.1, -0.05) is 17.7 Å². The van der Waals surface area contributed by atoms with Gasteiger partial charge in [-0.3, -0.25) is 14.4 Å². The average Bonchev–Trinajstić information content (AvgIpc) is 3.03. The normalized spacial score (nSPS) is 12.7. The summed E-state index contributed by atoms with van der Waals surface area (Å²) >= 11 is 2.14. The number of esters is 1. The van der Waals surface area contributed by atoms with Gasteiger partial charge in [0.1, 0.15) is 0 Å². The maximum Gasteiger partial charge on any atom is 0.338 e. The highest BCUT2D eigenvalue weighted by Gasteiger charge is 2.37. The molecule has 4 rings (SSSR count). The molecule has 0 aromatic heterocycles. The molecule has 0 unspecified atom stereocenters. The predicted octanol–water partition coefficient (Wildman–Crippen LogP) is 4.75. The number of amides is 2. The van der Waals surface area contributed by atoms with Gasteiger partial charge in [0.2, 0.25) is 5.78 Å². The second-order valence-corrected chi connectivity index (χ2v) is 8.75. The average molecular weight is 539 g/mol. The van der Waals surface area contributed by atoms with Crippen molar-refractivity contribution < 1.29 is 23.9 Å². The van der Waals surface area contributed by atoms with E-state index in [-0.39, 0.29) is 22.5 Å². The SMILES string of the molecule is Cc1ccc(C)c(C(=O)COC(=O)c2ccc3c(c2)C(=O)N(c2ccc(I)cc2)C3=O)c1. The van der Waals surface area contributed by atoms with Crippen molar-refractivity contribution in [1.29, 1.82) is 0 Å². The Labute approximate surface area is 198 Å². The van der Waals surface area contributed by atoms with Gasteiger partial charge in [-0.05, 0) is 90.5 Å². The first kappa shape index (κ1) is 21.9. The number of carbonyl (C=O) groups excluding carboxylic acids is 4. The predicted molar refractivity (Wildman–Crippen MR) is 127 cm³/mol. The van der Waals surface area contributed by atoms with Crippen molar-refractivity contribution in [2.45, 2.75) is 13.8 Å². The summed E-state index contributed by atoms with van der Waals surface area (Å²) in [6, 6.07) is 16.7. The van der Waals surface area contributed by atoms with Gasteiger partial charge >= 0.3 is 5.97 Å². The summed E-state index contributed by atoms with van der Waals surface area (Å²) in [4.78, 5) is 51.7. The van der Waals surface area contributed by atoms with Crippen molar-refractivity contribution in [3.63, 3.8) is 0 Å². The highest BCUT2D eigenvalue weighted by molar-refractivity contribution is 14.1. The lowest BCUT2D eigenvalue weighted by Gasteiger charge is -2.13. The van der Waals surface area contributed by atoms with Gasteiger partial charge in [0, 0.05) is 9.13 Å². The van der Waals surface area contributed by atoms with Crippen LogP contribution in [0.3, 0.4) is 0 Å². The molecule has 7 heteroatoms. The molecule has 0 saturated carbocycles. The van der Waals surface area contributed by atoms with Crippen molar-refractivity contribution in [1.82, 2.24) is 0 Å². The molecular weight excluding hydrogens is 521 g/mol. The van der Waals surface area contributed by atoms with Crippen LogP contribution in [0.5, 0.6) is 0 Å². The summed E-state index contributed by atoms with van der Waals surface area (Å²) < 4.78 is 6.16. The fourth-order valence-corrected chi connectivity index (χ4v) is 3.88. The van der Waals surface area contributed by atoms with Crippen LogP contribution in [0.25, 0.3) is 0 Å². The number of aryl methyl sites for hydroxylation is 2. The third kappa shape index (κ3) is 4.08. The Morgan fingerprint density at radius 1 is 0.875 bits per heavy atom. The van der Waals surface area contributed by atoms with Crippen LogP contribution < -0.4 is 4.90 Å². The van der Waals surface area contributed by atoms with Crippen molar-refractivity contribution in [2.24, 2.45) is 0 Å². The first-order chi connectivity index (χ1) is 15.3. The summed E-state index contributed by atoms with van der Waals surface area (Å²) in [5, 5.41) is 0. The lowest BCUT2D eigenvalue weighted by molar-refractivity contribution is 0.0474. The maximum atomic E-state index is 12.9. The largest absolute Gasteiger partial charge is 0.454 e. The zero-order chi connectivity index (χ0) is 23.0. The molecule has 0 aliphatic carbocycles. The number of carbonyl (C=O) groups is 4. The summed E-state index contributed by atoms with van der Waals surface area (Å²) in [6.07, 6.45) is 0. The summed E-state index contributed by atoms with van der Waals surface area (Å²) in [6.45, 7) is 3.28. The number of benzene rings is 3. The number of ether oxygens (including phenoxy) is 1. The van der Waals surface area contributed by atoms with E-state index < -0.39 is 24.4 Å². The Morgan fingerprint density at radius 2 is 1.56 bits per heavy atom. The minimum atomic E-state index is -0.737. The highest BCUT2D eigenvalue weighted by atomic mass is 127. The third-order valence-corrected chi connectivity index (χ3v) is 5.95. The van der Waals surface area contributed by atoms with Crippen LogP contribution in [0.15, 0.2) is 60.7 Å². The molecule has 1 aliphatic rings. The minimum Gasteiger partial charge on any atom is -0.454 e. The van der Waals surface area contributed by atoms with Crippen molar-refractivity contribution in [3.05, 3.63) is 97.6 Å². The van der Waals surface area contributed by atoms with Crippen LogP contribution >= 0.6 is 22.6 Å². The van der Waals surface area contributed by atoms with Crippen molar-refractivity contribution in [3.8, 4) is 0 Å². The fraction of sp³-hybridized carbons (Fsp3) is 0.120. The summed E-state index contributed by atoms with van der Waals surface area (Å²) in [5.41, 5.74) is 3.14. The molecular formula is C25H18INO5. The lowest BCUT2D eigenvalue weighted by atomic mass is 10.0. The van der Waals surface area contributed by atoms with Gasteiger partial charge in [-0.2, -0.15) is 0 Å². The molecule has 3 aromatic rings. The second-order valence-electron chi connectivity index (χ2n) is 7.50. The van der Waals surface area contributed by atoms with E-state index in [1.807, 2.05) is 26.0 Å². The van der Waals surface area contributed by atoms with E-state index in [1.165, 1.54) is 18.2 Å². The van der Waals surface area contributed by atoms with E-state index in [0.29, 0.717) is 11.3 Å². The van der Waals surface area contributed by atoms with E-state index in [0.717, 1.165) is 19.6 Å². The third-order valence-electron chi connectivity index (χ3n) is 5.23. The van der Waals surface area contributed by atoms with Crippen LogP contribution in [0.1, 0.15) is 52.6 Å². The standard InChI is InChI=1S/C25H18INO5/c1-14-3-4-15(2)20(11-14)22(28)13-32-25(31)16-5-10-19-21(12-16)24(30)27(23(19)29)18-8-6-17(26)7-9-18/h3-12H,13H2,1-2H3. The number of anilines is 1. The Morgan fingerprint density at radius 3 is 2.28 bits per heavy atom. The molecule has 2 amide bonds. The van der Waals surface area contributed by atoms with Gasteiger partial charge in [0.15, 0.2) is 6.61 Å². The number of imide groups is 1. The second kappa shape index (κ2) is 8.66. The number of hydrogen-bond donors (Lipinski definition) is 0. The lowest BCUT2D eigenvalue weighted by Crippen LogP contribution is -2.29. The van der Waals surface area contributed by atoms with Crippen LogP contribution in [-0.4, -0.2) is 30.2 Å². The minimum absolute atomic E-state index is 0.100. The molecule has 6 nitrogen and oxygen atoms in total. The summed E-state index contributed by atoms with van der Waals surface area (Å²) in [5.74, 6) is -2.00. The molecule has 0 fully saturated rings. The first-order valence-electron chi connectivity index (χ1n) is 9.82. The van der Waals surface area contributed by atoms with Gasteiger partial charge in [-0.25, -0.2) is 9.69 Å². The molecule has 0 spiro atoms. The molecule has 1 aliphatic heterocycles. The topological polar surface area (TPSA) is 80.8 Å². The molecule has 1 heterocycles. The Hall–Kier alpha value is -3.33. The van der Waals surface area contributed by atoms with Gasteiger partial charge in [0.05, 0.1) is 22.4 Å². The van der Waals surface area contributed by atoms with Crippen LogP contribution in [0.2, 0.25) is 0 Å². The number of halogens is 1. The number of Topliss-reactive ketones (excluding diaryl/α,β-unsaturated/α-hetero) is 1. The Bertz CT molecular complexity index is 1280. The monoisotopic (exact) mass is 539 g/mol. The molecule has 32 heavy (non-hydrogen) atoms. The molecule has 0 bridgehead atoms. The molecule has 0 N–H and O–H groups in total. The molecule has 0 radical (unpaired) electrons. The summed E-state index contributed by atoms with van der Waals surface area (Å²) in [7, 11) is 0. The molecule has 3 aromatic carbocycles. The maximum absolute atomic E-state index is 12.9. The van der Waals surface area contributed by atoms with Crippen LogP contribution in [0, 0.1) is 17.4 Å². The van der Waals surface area contributed by atoms with E-state index in [4.69, 9.17) is 4.74 Å². The number of nitrogens with zero attached hydrogens (tertiary/aromatic N) is 1. The Balaban J connectivity index is 1.51. The van der Waals surface area contributed by atoms with E-state index in [9.17, 15) is 19.2 Å². The molecule has 160 valence electrons. The number of fused-ring (bicyclic) bond motifs is 1. The van der Waals surface area contributed by atoms with Crippen molar-refractivity contribution >= 4 is 51.8 Å². The van der Waals surface area contributed by atoms with E-state index in [2.05, 4.69) is 22.6 Å². The molecule has 0 atom stereocenters. The first-order valence-corrected chi connectivity index (χ1v) is 10.9. The highest BCUT2D eigenvalue weighted by Crippen LogP contribution is 2.29. The zero-order valence-corrected chi connectivity index (χ0v) is 19.5. The zero-order valence-electron chi connectivity index (χ0n) is 17.3. The van der Waals surface area contributed by atoms with Crippen LogP contribution in [-0.2, 0) is 4.74 Å². The Kier molecular flexibility index (Phi) is 5.92. The van der Waals surface area contributed by atoms with Gasteiger partial charge < -0.3 is 4.74 Å². The van der Waals surface area contributed by atoms with E-state index in [1.54, 1.807) is 30.3 Å². The van der Waals surface area contributed by atoms with Crippen molar-refractivity contribution in [2.75, 3.05) is 11.5 Å². The quantitative estimate of drug-likeness (QED) is 0.203. The van der Waals surface area contributed by atoms with Gasteiger partial charge in [0.25, 0.3) is 11.8 Å². The van der Waals surface area contributed by atoms with E-state index >= 15 is 0 Å². The van der Waals surface area contributed by atoms with Gasteiger partial charge in [-0.15, -0.1) is 0 Å². The number of ketones is 1. The number of rotatable bonds is 5. The number of hydrogen-bond acceptors (Lipinski definition) is 5. The smallest absolute Gasteiger partial charge is 0.338 e. The molecule has 0 saturated heterocycles. The fourth-order valence-electron chi connectivity index (χ4n) is 3.52. The van der Waals surface area contributed by atoms with Crippen LogP contribution in [0.4, 0.5) is 5.69 Å².